The number of nitrogens with zero attached hydrogens (tertiary/aromatic N) is 1. The second kappa shape index (κ2) is 6.43. The maximum Gasteiger partial charge on any atom is 0.319 e. The summed E-state index contributed by atoms with van der Waals surface area (Å²) in [5, 5.41) is 16.8. The van der Waals surface area contributed by atoms with Crippen LogP contribution in [0.3, 0.4) is 0 Å². The van der Waals surface area contributed by atoms with Crippen LogP contribution >= 0.6 is 0 Å². The Kier molecular flexibility index (Phi) is 5.19. The van der Waals surface area contributed by atoms with Crippen LogP contribution in [0.1, 0.15) is 25.0 Å². The molecule has 0 bridgehead atoms. The van der Waals surface area contributed by atoms with Gasteiger partial charge in [-0.2, -0.15) is 5.26 Å². The second-order valence-electron chi connectivity index (χ2n) is 4.45. The van der Waals surface area contributed by atoms with E-state index in [0.29, 0.717) is 5.56 Å². The molecule has 0 aliphatic rings. The van der Waals surface area contributed by atoms with Crippen molar-refractivity contribution in [2.24, 2.45) is 5.92 Å². The third-order valence-corrected chi connectivity index (χ3v) is 4.52. The quantitative estimate of drug-likeness (QED) is 0.897. The van der Waals surface area contributed by atoms with Crippen LogP contribution in [0.25, 0.3) is 0 Å². The fourth-order valence-electron chi connectivity index (χ4n) is 1.70. The Balaban J connectivity index is 2.94. The molecule has 19 heavy (non-hydrogen) atoms. The average Bonchev–Trinajstić information content (AvgIpc) is 2.30. The van der Waals surface area contributed by atoms with Gasteiger partial charge in [0.1, 0.15) is 17.1 Å². The van der Waals surface area contributed by atoms with Crippen LogP contribution in [0.2, 0.25) is 0 Å². The van der Waals surface area contributed by atoms with Gasteiger partial charge in [-0.25, -0.2) is 4.39 Å². The van der Waals surface area contributed by atoms with Crippen LogP contribution in [-0.2, 0) is 21.3 Å². The van der Waals surface area contributed by atoms with Gasteiger partial charge in [-0.15, -0.1) is 0 Å². The fourth-order valence-corrected chi connectivity index (χ4v) is 3.22. The highest BCUT2D eigenvalue weighted by atomic mass is 32.2. The predicted octanol–water partition coefficient (Wildman–Crippen LogP) is 2.06. The van der Waals surface area contributed by atoms with Gasteiger partial charge in [0.2, 0.25) is 0 Å². The molecule has 1 aromatic rings. The Labute approximate surface area is 113 Å². The lowest BCUT2D eigenvalue weighted by atomic mass is 10.1. The minimum atomic E-state index is -1.62. The van der Waals surface area contributed by atoms with E-state index >= 15 is 0 Å². The van der Waals surface area contributed by atoms with E-state index in [9.17, 15) is 13.4 Å². The number of benzene rings is 1. The first-order valence-corrected chi connectivity index (χ1v) is 7.03. The molecule has 4 nitrogen and oxygen atoms in total. The maximum absolute atomic E-state index is 13.1. The highest BCUT2D eigenvalue weighted by Gasteiger charge is 2.28. The van der Waals surface area contributed by atoms with Crippen molar-refractivity contribution in [2.75, 3.05) is 0 Å². The number of rotatable bonds is 5. The van der Waals surface area contributed by atoms with E-state index in [-0.39, 0.29) is 17.2 Å². The molecule has 0 aliphatic carbocycles. The summed E-state index contributed by atoms with van der Waals surface area (Å²) in [6, 6.07) is 5.52. The SMILES string of the molecule is CC(C)C(C(=O)O)S(=O)Cc1ccc(F)c(C#N)c1. The van der Waals surface area contributed by atoms with Crippen molar-refractivity contribution in [1.29, 1.82) is 5.26 Å². The Morgan fingerprint density at radius 2 is 2.16 bits per heavy atom. The van der Waals surface area contributed by atoms with Gasteiger partial charge in [0.05, 0.1) is 5.56 Å². The van der Waals surface area contributed by atoms with Gasteiger partial charge in [-0.05, 0) is 23.6 Å². The first-order valence-electron chi connectivity index (χ1n) is 5.65. The van der Waals surface area contributed by atoms with E-state index in [0.717, 1.165) is 6.07 Å². The number of nitriles is 1. The van der Waals surface area contributed by atoms with Gasteiger partial charge in [-0.3, -0.25) is 9.00 Å². The third kappa shape index (κ3) is 3.86. The Morgan fingerprint density at radius 3 is 2.63 bits per heavy atom. The minimum Gasteiger partial charge on any atom is -0.480 e. The van der Waals surface area contributed by atoms with Crippen molar-refractivity contribution >= 4 is 16.8 Å². The Bertz CT molecular complexity index is 551. The zero-order valence-corrected chi connectivity index (χ0v) is 11.4. The summed E-state index contributed by atoms with van der Waals surface area (Å²) in [7, 11) is -1.62. The fraction of sp³-hybridized carbons (Fsp3) is 0.385. The third-order valence-electron chi connectivity index (χ3n) is 2.59. The molecular formula is C13H14FNO3S. The van der Waals surface area contributed by atoms with Crippen LogP contribution in [0.15, 0.2) is 18.2 Å². The summed E-state index contributed by atoms with van der Waals surface area (Å²) in [4.78, 5) is 11.0. The van der Waals surface area contributed by atoms with E-state index < -0.39 is 27.8 Å². The molecule has 0 spiro atoms. The first kappa shape index (κ1) is 15.3. The highest BCUT2D eigenvalue weighted by Crippen LogP contribution is 2.16. The molecule has 0 heterocycles. The van der Waals surface area contributed by atoms with Crippen molar-refractivity contribution in [3.05, 3.63) is 35.1 Å². The molecule has 2 atom stereocenters. The van der Waals surface area contributed by atoms with Crippen LogP contribution < -0.4 is 0 Å². The molecule has 0 saturated carbocycles. The van der Waals surface area contributed by atoms with Gasteiger partial charge in [0.25, 0.3) is 0 Å². The summed E-state index contributed by atoms with van der Waals surface area (Å²) >= 11 is 0. The molecule has 0 saturated heterocycles. The zero-order chi connectivity index (χ0) is 14.6. The highest BCUT2D eigenvalue weighted by molar-refractivity contribution is 7.85. The van der Waals surface area contributed by atoms with Crippen LogP contribution in [0.4, 0.5) is 4.39 Å². The van der Waals surface area contributed by atoms with Crippen molar-refractivity contribution in [3.63, 3.8) is 0 Å². The van der Waals surface area contributed by atoms with Crippen molar-refractivity contribution in [2.45, 2.75) is 24.9 Å². The maximum atomic E-state index is 13.1. The molecule has 1 N–H and O–H groups in total. The molecule has 0 aliphatic heterocycles. The summed E-state index contributed by atoms with van der Waals surface area (Å²) < 4.78 is 25.2. The summed E-state index contributed by atoms with van der Waals surface area (Å²) in [5.41, 5.74) is 0.356. The predicted molar refractivity (Wildman–Crippen MR) is 69.2 cm³/mol. The van der Waals surface area contributed by atoms with Crippen LogP contribution in [-0.4, -0.2) is 20.5 Å². The summed E-state index contributed by atoms with van der Waals surface area (Å²) in [6.07, 6.45) is 0. The summed E-state index contributed by atoms with van der Waals surface area (Å²) in [6.45, 7) is 3.37. The molecule has 1 rings (SSSR count). The van der Waals surface area contributed by atoms with Crippen molar-refractivity contribution in [3.8, 4) is 6.07 Å². The van der Waals surface area contributed by atoms with Gasteiger partial charge >= 0.3 is 5.97 Å². The minimum absolute atomic E-state index is 0.00981. The van der Waals surface area contributed by atoms with Gasteiger partial charge < -0.3 is 5.11 Å². The van der Waals surface area contributed by atoms with E-state index in [1.807, 2.05) is 0 Å². The van der Waals surface area contributed by atoms with E-state index in [1.165, 1.54) is 12.1 Å². The largest absolute Gasteiger partial charge is 0.480 e. The molecule has 2 unspecified atom stereocenters. The lowest BCUT2D eigenvalue weighted by molar-refractivity contribution is -0.137. The van der Waals surface area contributed by atoms with Crippen LogP contribution in [0.5, 0.6) is 0 Å². The van der Waals surface area contributed by atoms with Crippen molar-refractivity contribution < 1.29 is 18.5 Å². The summed E-state index contributed by atoms with van der Waals surface area (Å²) in [5.74, 6) is -2.04. The van der Waals surface area contributed by atoms with Crippen LogP contribution in [0, 0.1) is 23.1 Å². The number of hydrogen-bond acceptors (Lipinski definition) is 3. The van der Waals surface area contributed by atoms with E-state index in [4.69, 9.17) is 10.4 Å². The number of halogens is 1. The van der Waals surface area contributed by atoms with Gasteiger partial charge in [0, 0.05) is 16.6 Å². The molecule has 102 valence electrons. The average molecular weight is 283 g/mol. The number of carboxylic acids is 1. The molecule has 6 heteroatoms. The lowest BCUT2D eigenvalue weighted by Crippen LogP contribution is -2.31. The second-order valence-corrected chi connectivity index (χ2v) is 6.01. The molecule has 0 radical (unpaired) electrons. The molecule has 0 amide bonds. The van der Waals surface area contributed by atoms with E-state index in [1.54, 1.807) is 19.9 Å². The number of hydrogen-bond donors (Lipinski definition) is 1. The topological polar surface area (TPSA) is 78.2 Å². The molecule has 1 aromatic carbocycles. The lowest BCUT2D eigenvalue weighted by Gasteiger charge is -2.15. The number of carbonyl (C=O) groups is 1. The Morgan fingerprint density at radius 1 is 1.53 bits per heavy atom. The number of aliphatic carboxylic acids is 1. The van der Waals surface area contributed by atoms with Crippen molar-refractivity contribution in [1.82, 2.24) is 0 Å². The standard InChI is InChI=1S/C13H14FNO3S/c1-8(2)12(13(16)17)19(18)7-9-3-4-11(14)10(5-9)6-15/h3-5,8,12H,7H2,1-2H3,(H,16,17). The molecular weight excluding hydrogens is 269 g/mol. The molecule has 0 fully saturated rings. The Hall–Kier alpha value is -1.74. The van der Waals surface area contributed by atoms with Gasteiger partial charge in [0.15, 0.2) is 0 Å². The van der Waals surface area contributed by atoms with Gasteiger partial charge in [-0.1, -0.05) is 19.9 Å². The number of carboxylic acid groups (broad SMARTS) is 1. The first-order chi connectivity index (χ1) is 8.86. The monoisotopic (exact) mass is 283 g/mol. The van der Waals surface area contributed by atoms with E-state index in [2.05, 4.69) is 0 Å². The zero-order valence-electron chi connectivity index (χ0n) is 10.6. The smallest absolute Gasteiger partial charge is 0.319 e. The normalized spacial score (nSPS) is 13.8. The molecule has 0 aromatic heterocycles.